The predicted octanol–water partition coefficient (Wildman–Crippen LogP) is 2.50. The van der Waals surface area contributed by atoms with Crippen LogP contribution in [-0.4, -0.2) is 39.1 Å². The van der Waals surface area contributed by atoms with Crippen LogP contribution < -0.4 is 11.0 Å². The summed E-state index contributed by atoms with van der Waals surface area (Å²) in [6.07, 6.45) is -2.78. The van der Waals surface area contributed by atoms with Crippen molar-refractivity contribution in [2.75, 3.05) is 17.7 Å². The molecule has 1 atom stereocenters. The van der Waals surface area contributed by atoms with Gasteiger partial charge in [0.25, 0.3) is 0 Å². The minimum Gasteiger partial charge on any atom is -0.376 e. The fraction of sp³-hybridized carbons (Fsp3) is 0.438. The number of alkyl halides is 3. The van der Waals surface area contributed by atoms with E-state index < -0.39 is 23.3 Å². The highest BCUT2D eigenvalue weighted by molar-refractivity contribution is 7.99. The normalized spacial score (nSPS) is 17.2. The molecule has 27 heavy (non-hydrogen) atoms. The summed E-state index contributed by atoms with van der Waals surface area (Å²) in [7, 11) is 0. The molecule has 1 aromatic heterocycles. The highest BCUT2D eigenvalue weighted by Gasteiger charge is 2.30. The highest BCUT2D eigenvalue weighted by Crippen LogP contribution is 2.30. The predicted molar refractivity (Wildman–Crippen MR) is 92.6 cm³/mol. The first-order chi connectivity index (χ1) is 12.8. The molecule has 1 aromatic carbocycles. The molecule has 146 valence electrons. The number of aromatic amines is 1. The number of thioether (sulfide) groups is 1. The van der Waals surface area contributed by atoms with Gasteiger partial charge in [-0.1, -0.05) is 17.8 Å². The van der Waals surface area contributed by atoms with Gasteiger partial charge < -0.3 is 10.1 Å². The smallest absolute Gasteiger partial charge is 0.376 e. The minimum atomic E-state index is -4.48. The maximum absolute atomic E-state index is 12.7. The SMILES string of the molecule is O=C(CSc1n[nH]c(=O)n1C[C@@H]1CCCO1)Nc1cccc(C(F)(F)F)c1. The van der Waals surface area contributed by atoms with Crippen molar-refractivity contribution in [2.24, 2.45) is 0 Å². The number of nitrogens with zero attached hydrogens (tertiary/aromatic N) is 2. The number of rotatable bonds is 6. The lowest BCUT2D eigenvalue weighted by atomic mass is 10.2. The molecule has 2 aromatic rings. The Morgan fingerprint density at radius 3 is 2.96 bits per heavy atom. The molecule has 1 fully saturated rings. The molecule has 2 heterocycles. The van der Waals surface area contributed by atoms with Crippen LogP contribution in [0.5, 0.6) is 0 Å². The molecule has 0 aliphatic carbocycles. The average Bonchev–Trinajstić information content (AvgIpc) is 3.24. The van der Waals surface area contributed by atoms with Crippen molar-refractivity contribution in [1.29, 1.82) is 0 Å². The van der Waals surface area contributed by atoms with Crippen LogP contribution in [0.1, 0.15) is 18.4 Å². The Bertz CT molecular complexity index is 859. The molecule has 11 heteroatoms. The van der Waals surface area contributed by atoms with E-state index in [2.05, 4.69) is 15.5 Å². The quantitative estimate of drug-likeness (QED) is 0.725. The van der Waals surface area contributed by atoms with Gasteiger partial charge in [0.15, 0.2) is 5.16 Å². The van der Waals surface area contributed by atoms with Crippen LogP contribution >= 0.6 is 11.8 Å². The number of amides is 1. The summed E-state index contributed by atoms with van der Waals surface area (Å²) in [5, 5.41) is 8.96. The van der Waals surface area contributed by atoms with Crippen molar-refractivity contribution in [2.45, 2.75) is 36.8 Å². The second kappa shape index (κ2) is 8.17. The molecular formula is C16H17F3N4O3S. The maximum atomic E-state index is 12.7. The number of ether oxygens (including phenoxy) is 1. The van der Waals surface area contributed by atoms with E-state index in [4.69, 9.17) is 4.74 Å². The Balaban J connectivity index is 1.59. The fourth-order valence-electron chi connectivity index (χ4n) is 2.67. The zero-order valence-electron chi connectivity index (χ0n) is 14.1. The third kappa shape index (κ3) is 5.13. The Kier molecular flexibility index (Phi) is 5.90. The number of anilines is 1. The molecule has 1 amide bonds. The first-order valence-electron chi connectivity index (χ1n) is 8.19. The van der Waals surface area contributed by atoms with E-state index in [0.29, 0.717) is 18.3 Å². The number of halogens is 3. The zero-order valence-corrected chi connectivity index (χ0v) is 14.9. The van der Waals surface area contributed by atoms with Crippen LogP contribution in [-0.2, 0) is 22.3 Å². The number of aromatic nitrogens is 3. The van der Waals surface area contributed by atoms with E-state index in [-0.39, 0.29) is 17.5 Å². The van der Waals surface area contributed by atoms with Gasteiger partial charge in [0.2, 0.25) is 5.91 Å². The summed E-state index contributed by atoms with van der Waals surface area (Å²) in [5.74, 6) is -0.607. The summed E-state index contributed by atoms with van der Waals surface area (Å²) >= 11 is 1.02. The maximum Gasteiger partial charge on any atom is 0.416 e. The third-order valence-electron chi connectivity index (χ3n) is 3.94. The molecular weight excluding hydrogens is 385 g/mol. The lowest BCUT2D eigenvalue weighted by molar-refractivity contribution is -0.137. The van der Waals surface area contributed by atoms with Crippen molar-refractivity contribution in [1.82, 2.24) is 14.8 Å². The van der Waals surface area contributed by atoms with Crippen LogP contribution in [0.2, 0.25) is 0 Å². The summed E-state index contributed by atoms with van der Waals surface area (Å²) in [6.45, 7) is 0.992. The fourth-order valence-corrected chi connectivity index (χ4v) is 3.42. The largest absolute Gasteiger partial charge is 0.416 e. The Morgan fingerprint density at radius 2 is 2.26 bits per heavy atom. The lowest BCUT2D eigenvalue weighted by Gasteiger charge is -2.11. The van der Waals surface area contributed by atoms with E-state index in [0.717, 1.165) is 36.7 Å². The van der Waals surface area contributed by atoms with Gasteiger partial charge in [-0.05, 0) is 31.0 Å². The second-order valence-electron chi connectivity index (χ2n) is 5.97. The van der Waals surface area contributed by atoms with Crippen molar-refractivity contribution in [3.63, 3.8) is 0 Å². The standard InChI is InChI=1S/C16H17F3N4O3S/c17-16(18,19)10-3-1-4-11(7-10)20-13(24)9-27-15-22-21-14(25)23(15)8-12-5-2-6-26-12/h1,3-4,7,12H,2,5-6,8-9H2,(H,20,24)(H,21,25)/t12-/m0/s1. The number of carbonyl (C=O) groups is 1. The van der Waals surface area contributed by atoms with Gasteiger partial charge in [-0.15, -0.1) is 5.10 Å². The van der Waals surface area contributed by atoms with Crippen molar-refractivity contribution < 1.29 is 22.7 Å². The number of nitrogens with one attached hydrogen (secondary N) is 2. The summed E-state index contributed by atoms with van der Waals surface area (Å²) in [4.78, 5) is 23.9. The monoisotopic (exact) mass is 402 g/mol. The number of H-pyrrole nitrogens is 1. The highest BCUT2D eigenvalue weighted by atomic mass is 32.2. The summed E-state index contributed by atoms with van der Waals surface area (Å²) in [5.41, 5.74) is -1.19. The first-order valence-corrected chi connectivity index (χ1v) is 9.18. The topological polar surface area (TPSA) is 89.0 Å². The number of benzene rings is 1. The van der Waals surface area contributed by atoms with E-state index >= 15 is 0 Å². The number of hydrogen-bond donors (Lipinski definition) is 2. The molecule has 2 N–H and O–H groups in total. The van der Waals surface area contributed by atoms with E-state index in [1.807, 2.05) is 0 Å². The molecule has 7 nitrogen and oxygen atoms in total. The zero-order chi connectivity index (χ0) is 19.4. The van der Waals surface area contributed by atoms with Crippen LogP contribution in [0.3, 0.4) is 0 Å². The van der Waals surface area contributed by atoms with Gasteiger partial charge in [-0.3, -0.25) is 9.36 Å². The van der Waals surface area contributed by atoms with E-state index in [1.54, 1.807) is 0 Å². The molecule has 0 radical (unpaired) electrons. The average molecular weight is 402 g/mol. The summed E-state index contributed by atoms with van der Waals surface area (Å²) in [6, 6.07) is 4.39. The van der Waals surface area contributed by atoms with Gasteiger partial charge >= 0.3 is 11.9 Å². The first kappa shape index (κ1) is 19.5. The molecule has 1 aliphatic heterocycles. The van der Waals surface area contributed by atoms with E-state index in [9.17, 15) is 22.8 Å². The van der Waals surface area contributed by atoms with Crippen molar-refractivity contribution >= 4 is 23.4 Å². The molecule has 0 saturated carbocycles. The Hall–Kier alpha value is -2.27. The van der Waals surface area contributed by atoms with Crippen LogP contribution in [0, 0.1) is 0 Å². The Morgan fingerprint density at radius 1 is 1.44 bits per heavy atom. The molecule has 3 rings (SSSR count). The third-order valence-corrected chi connectivity index (χ3v) is 4.92. The lowest BCUT2D eigenvalue weighted by Crippen LogP contribution is -2.25. The minimum absolute atomic E-state index is 0.0502. The van der Waals surface area contributed by atoms with Gasteiger partial charge in [-0.25, -0.2) is 9.89 Å². The van der Waals surface area contributed by atoms with E-state index in [1.165, 1.54) is 16.7 Å². The van der Waals surface area contributed by atoms with Crippen molar-refractivity contribution in [3.05, 3.63) is 40.3 Å². The second-order valence-corrected chi connectivity index (χ2v) is 6.91. The molecule has 0 bridgehead atoms. The van der Waals surface area contributed by atoms with Gasteiger partial charge in [0, 0.05) is 12.3 Å². The molecule has 0 spiro atoms. The summed E-state index contributed by atoms with van der Waals surface area (Å²) < 4.78 is 45.1. The van der Waals surface area contributed by atoms with Gasteiger partial charge in [0.1, 0.15) is 0 Å². The van der Waals surface area contributed by atoms with Crippen LogP contribution in [0.4, 0.5) is 18.9 Å². The van der Waals surface area contributed by atoms with Crippen molar-refractivity contribution in [3.8, 4) is 0 Å². The van der Waals surface area contributed by atoms with Crippen LogP contribution in [0.15, 0.2) is 34.2 Å². The Labute approximate surface area is 156 Å². The number of carbonyl (C=O) groups excluding carboxylic acids is 1. The van der Waals surface area contributed by atoms with Gasteiger partial charge in [-0.2, -0.15) is 13.2 Å². The van der Waals surface area contributed by atoms with Gasteiger partial charge in [0.05, 0.1) is 24.0 Å². The molecule has 1 aliphatic rings. The molecule has 0 unspecified atom stereocenters. The number of hydrogen-bond acceptors (Lipinski definition) is 5. The molecule has 1 saturated heterocycles. The van der Waals surface area contributed by atoms with Crippen LogP contribution in [0.25, 0.3) is 0 Å².